The third-order valence-electron chi connectivity index (χ3n) is 4.21. The molecule has 0 radical (unpaired) electrons. The maximum atomic E-state index is 12.8. The van der Waals surface area contributed by atoms with Crippen LogP contribution in [0.5, 0.6) is 5.75 Å². The van der Waals surface area contributed by atoms with Gasteiger partial charge < -0.3 is 9.84 Å². The number of pyridine rings is 1. The van der Waals surface area contributed by atoms with Crippen molar-refractivity contribution in [2.75, 3.05) is 19.1 Å². The molecule has 28 heavy (non-hydrogen) atoms. The number of carboxylic acid groups (broad SMARTS) is 1. The predicted octanol–water partition coefficient (Wildman–Crippen LogP) is 3.65. The van der Waals surface area contributed by atoms with Crippen molar-refractivity contribution in [2.45, 2.75) is 12.5 Å². The average molecular weight is 435 g/mol. The number of carbonyl (C=O) groups is 2. The van der Waals surface area contributed by atoms with Crippen LogP contribution in [0, 0.1) is 0 Å². The summed E-state index contributed by atoms with van der Waals surface area (Å²) in [5.41, 5.74) is 1.38. The SMILES string of the molecule is COc1ccc2nc(/C=C3\SC(=S)N(C(CCSC)C(=O)O)C3=O)ccc2c1. The lowest BCUT2D eigenvalue weighted by molar-refractivity contribution is -0.145. The zero-order valence-electron chi connectivity index (χ0n) is 15.2. The molecule has 1 aromatic heterocycles. The molecule has 0 saturated carbocycles. The molecule has 3 rings (SSSR count). The lowest BCUT2D eigenvalue weighted by Gasteiger charge is -2.22. The van der Waals surface area contributed by atoms with Crippen LogP contribution >= 0.6 is 35.7 Å². The lowest BCUT2D eigenvalue weighted by atomic mass is 10.1. The molecule has 0 spiro atoms. The van der Waals surface area contributed by atoms with Gasteiger partial charge in [0.15, 0.2) is 0 Å². The van der Waals surface area contributed by atoms with Crippen molar-refractivity contribution in [3.8, 4) is 5.75 Å². The van der Waals surface area contributed by atoms with Gasteiger partial charge in [-0.3, -0.25) is 9.69 Å². The van der Waals surface area contributed by atoms with E-state index in [2.05, 4.69) is 4.98 Å². The molecule has 9 heteroatoms. The van der Waals surface area contributed by atoms with E-state index in [1.54, 1.807) is 19.3 Å². The highest BCUT2D eigenvalue weighted by atomic mass is 32.2. The molecule has 6 nitrogen and oxygen atoms in total. The number of ether oxygens (including phenoxy) is 1. The summed E-state index contributed by atoms with van der Waals surface area (Å²) >= 11 is 7.92. The highest BCUT2D eigenvalue weighted by molar-refractivity contribution is 8.26. The molecule has 1 saturated heterocycles. The number of nitrogens with zero attached hydrogens (tertiary/aromatic N) is 2. The van der Waals surface area contributed by atoms with E-state index in [0.717, 1.165) is 28.4 Å². The number of rotatable bonds is 7. The number of methoxy groups -OCH3 is 1. The number of thioether (sulfide) groups is 2. The van der Waals surface area contributed by atoms with Crippen LogP contribution in [0.25, 0.3) is 17.0 Å². The third kappa shape index (κ3) is 4.31. The number of benzene rings is 1. The first-order valence-corrected chi connectivity index (χ1v) is 11.0. The Morgan fingerprint density at radius 1 is 1.43 bits per heavy atom. The topological polar surface area (TPSA) is 79.7 Å². The molecule has 1 fully saturated rings. The highest BCUT2D eigenvalue weighted by Crippen LogP contribution is 2.35. The van der Waals surface area contributed by atoms with Crippen LogP contribution in [0.15, 0.2) is 35.2 Å². The molecule has 1 aliphatic rings. The first-order valence-electron chi connectivity index (χ1n) is 8.38. The van der Waals surface area contributed by atoms with E-state index in [-0.39, 0.29) is 10.2 Å². The van der Waals surface area contributed by atoms with E-state index >= 15 is 0 Å². The molecule has 0 aliphatic carbocycles. The summed E-state index contributed by atoms with van der Waals surface area (Å²) < 4.78 is 5.47. The Bertz CT molecular complexity index is 977. The van der Waals surface area contributed by atoms with Crippen LogP contribution in [0.1, 0.15) is 12.1 Å². The number of carbonyl (C=O) groups excluding carboxylic acids is 1. The zero-order valence-corrected chi connectivity index (χ0v) is 17.7. The Morgan fingerprint density at radius 2 is 2.21 bits per heavy atom. The Labute approximate surface area is 176 Å². The van der Waals surface area contributed by atoms with E-state index in [1.807, 2.05) is 30.5 Å². The fraction of sp³-hybridized carbons (Fsp3) is 0.263. The fourth-order valence-electron chi connectivity index (χ4n) is 2.80. The normalized spacial score (nSPS) is 16.8. The van der Waals surface area contributed by atoms with Crippen molar-refractivity contribution in [1.29, 1.82) is 0 Å². The number of fused-ring (bicyclic) bond motifs is 1. The Morgan fingerprint density at radius 3 is 2.89 bits per heavy atom. The quantitative estimate of drug-likeness (QED) is 0.523. The molecular weight excluding hydrogens is 416 g/mol. The standard InChI is InChI=1S/C19H18N2O4S3/c1-25-13-5-6-14-11(9-13)3-4-12(20-14)10-16-17(22)21(19(26)28-16)15(18(23)24)7-8-27-2/h3-6,9-10,15H,7-8H2,1-2H3,(H,23,24)/b16-10-. The average Bonchev–Trinajstić information content (AvgIpc) is 2.95. The summed E-state index contributed by atoms with van der Waals surface area (Å²) in [6, 6.07) is 8.30. The third-order valence-corrected chi connectivity index (χ3v) is 6.19. The van der Waals surface area contributed by atoms with Gasteiger partial charge in [0.05, 0.1) is 23.2 Å². The first kappa shape index (κ1) is 20.6. The summed E-state index contributed by atoms with van der Waals surface area (Å²) in [6.07, 6.45) is 3.88. The Hall–Kier alpha value is -2.10. The molecule has 1 unspecified atom stereocenters. The van der Waals surface area contributed by atoms with E-state index in [1.165, 1.54) is 16.7 Å². The molecule has 146 valence electrons. The summed E-state index contributed by atoms with van der Waals surface area (Å²) in [5.74, 6) is -0.0691. The molecule has 1 aliphatic heterocycles. The highest BCUT2D eigenvalue weighted by Gasteiger charge is 2.40. The number of thiocarbonyl (C=S) groups is 1. The predicted molar refractivity (Wildman–Crippen MR) is 118 cm³/mol. The maximum absolute atomic E-state index is 12.8. The van der Waals surface area contributed by atoms with Crippen LogP contribution in [0.4, 0.5) is 0 Å². The molecule has 0 bridgehead atoms. The first-order chi connectivity index (χ1) is 13.4. The number of hydrogen-bond donors (Lipinski definition) is 1. The van der Waals surface area contributed by atoms with Gasteiger partial charge in [0, 0.05) is 5.39 Å². The van der Waals surface area contributed by atoms with Crippen LogP contribution < -0.4 is 4.74 Å². The monoisotopic (exact) mass is 434 g/mol. The summed E-state index contributed by atoms with van der Waals surface area (Å²) in [5, 5.41) is 10.4. The smallest absolute Gasteiger partial charge is 0.326 e. The van der Waals surface area contributed by atoms with Gasteiger partial charge in [0.1, 0.15) is 16.1 Å². The second-order valence-electron chi connectivity index (χ2n) is 5.98. The largest absolute Gasteiger partial charge is 0.497 e. The summed E-state index contributed by atoms with van der Waals surface area (Å²) in [6.45, 7) is 0. The Kier molecular flexibility index (Phi) is 6.58. The molecule has 1 aromatic carbocycles. The maximum Gasteiger partial charge on any atom is 0.326 e. The van der Waals surface area contributed by atoms with Crippen molar-refractivity contribution in [3.05, 3.63) is 40.9 Å². The van der Waals surface area contributed by atoms with Gasteiger partial charge in [-0.1, -0.05) is 30.0 Å². The number of amides is 1. The van der Waals surface area contributed by atoms with Gasteiger partial charge in [0.2, 0.25) is 0 Å². The van der Waals surface area contributed by atoms with E-state index in [4.69, 9.17) is 17.0 Å². The van der Waals surface area contributed by atoms with E-state index < -0.39 is 12.0 Å². The number of hydrogen-bond acceptors (Lipinski definition) is 7. The molecule has 2 heterocycles. The second kappa shape index (κ2) is 8.93. The minimum absolute atomic E-state index is 0.260. The molecule has 1 amide bonds. The van der Waals surface area contributed by atoms with Crippen LogP contribution in [-0.2, 0) is 9.59 Å². The number of carboxylic acids is 1. The molecular formula is C19H18N2O4S3. The van der Waals surface area contributed by atoms with Crippen LogP contribution in [0.2, 0.25) is 0 Å². The number of aromatic nitrogens is 1. The van der Waals surface area contributed by atoms with Gasteiger partial charge in [0.25, 0.3) is 5.91 Å². The fourth-order valence-corrected chi connectivity index (χ4v) is 4.60. The van der Waals surface area contributed by atoms with E-state index in [0.29, 0.717) is 22.8 Å². The second-order valence-corrected chi connectivity index (χ2v) is 8.64. The minimum Gasteiger partial charge on any atom is -0.497 e. The molecule has 1 atom stereocenters. The number of aliphatic carboxylic acids is 1. The van der Waals surface area contributed by atoms with Gasteiger partial charge in [-0.05, 0) is 48.8 Å². The molecule has 1 N–H and O–H groups in total. The minimum atomic E-state index is -1.05. The van der Waals surface area contributed by atoms with E-state index in [9.17, 15) is 14.7 Å². The molecule has 2 aromatic rings. The van der Waals surface area contributed by atoms with Gasteiger partial charge in [-0.25, -0.2) is 9.78 Å². The van der Waals surface area contributed by atoms with Crippen LogP contribution in [-0.4, -0.2) is 56.3 Å². The van der Waals surface area contributed by atoms with Gasteiger partial charge >= 0.3 is 5.97 Å². The van der Waals surface area contributed by atoms with Crippen molar-refractivity contribution in [3.63, 3.8) is 0 Å². The summed E-state index contributed by atoms with van der Waals surface area (Å²) in [4.78, 5) is 30.6. The van der Waals surface area contributed by atoms with Crippen molar-refractivity contribution < 1.29 is 19.4 Å². The van der Waals surface area contributed by atoms with Crippen LogP contribution in [0.3, 0.4) is 0 Å². The zero-order chi connectivity index (χ0) is 20.3. The van der Waals surface area contributed by atoms with Crippen molar-refractivity contribution >= 4 is 68.9 Å². The summed E-state index contributed by atoms with van der Waals surface area (Å²) in [7, 11) is 1.61. The lowest BCUT2D eigenvalue weighted by Crippen LogP contribution is -2.44. The Balaban J connectivity index is 1.88. The van der Waals surface area contributed by atoms with Gasteiger partial charge in [-0.2, -0.15) is 11.8 Å². The van der Waals surface area contributed by atoms with Crippen molar-refractivity contribution in [2.24, 2.45) is 0 Å². The van der Waals surface area contributed by atoms with Crippen molar-refractivity contribution in [1.82, 2.24) is 9.88 Å². The van der Waals surface area contributed by atoms with Gasteiger partial charge in [-0.15, -0.1) is 0 Å².